The summed E-state index contributed by atoms with van der Waals surface area (Å²) in [6.45, 7) is 1.91. The number of likely N-dealkylation sites (tertiary alicyclic amines) is 1. The zero-order chi connectivity index (χ0) is 13.9. The third-order valence-electron chi connectivity index (χ3n) is 2.94. The van der Waals surface area contributed by atoms with Gasteiger partial charge in [0.1, 0.15) is 6.04 Å². The number of rotatable bonds is 5. The molecule has 1 heterocycles. The van der Waals surface area contributed by atoms with Crippen LogP contribution in [0.3, 0.4) is 0 Å². The topological polar surface area (TPSA) is 92.5 Å². The molecule has 18 heavy (non-hydrogen) atoms. The Morgan fingerprint density at radius 1 is 1.61 bits per heavy atom. The molecule has 2 unspecified atom stereocenters. The molecule has 0 spiro atoms. The minimum Gasteiger partial charge on any atom is -0.393 e. The Kier molecular flexibility index (Phi) is 4.77. The molecule has 0 bridgehead atoms. The first-order chi connectivity index (χ1) is 8.38. The lowest BCUT2D eigenvalue weighted by Gasteiger charge is -2.17. The van der Waals surface area contributed by atoms with E-state index in [9.17, 15) is 14.4 Å². The average molecular weight is 271 g/mol. The first kappa shape index (κ1) is 14.6. The molecule has 100 valence electrons. The summed E-state index contributed by atoms with van der Waals surface area (Å²) in [6.07, 6.45) is 1.29. The summed E-state index contributed by atoms with van der Waals surface area (Å²) in [5, 5.41) is 2.54. The molecule has 0 aromatic carbocycles. The normalized spacial score (nSPS) is 21.0. The molecule has 0 aromatic rings. The van der Waals surface area contributed by atoms with Gasteiger partial charge in [0, 0.05) is 7.05 Å². The molecule has 2 atom stereocenters. The standard InChI is InChI=1S/C11H17N3O3S/c1-3-4-6(9(12)18)10(16)13-7-5-8(15)14(2)11(7)17/h6-7H,3-5H2,1-2H3,(H2,12,18)(H,13,16). The smallest absolute Gasteiger partial charge is 0.252 e. The van der Waals surface area contributed by atoms with Crippen molar-refractivity contribution in [3.05, 3.63) is 0 Å². The van der Waals surface area contributed by atoms with Crippen molar-refractivity contribution in [2.45, 2.75) is 32.2 Å². The Balaban J connectivity index is 2.67. The number of hydrogen-bond donors (Lipinski definition) is 2. The number of nitrogens with zero attached hydrogens (tertiary/aromatic N) is 1. The molecule has 1 saturated heterocycles. The molecular weight excluding hydrogens is 254 g/mol. The maximum Gasteiger partial charge on any atom is 0.252 e. The molecule has 0 aromatic heterocycles. The van der Waals surface area contributed by atoms with Crippen LogP contribution in [0.5, 0.6) is 0 Å². The van der Waals surface area contributed by atoms with Crippen LogP contribution in [-0.2, 0) is 14.4 Å². The Morgan fingerprint density at radius 3 is 2.61 bits per heavy atom. The van der Waals surface area contributed by atoms with E-state index < -0.39 is 17.9 Å². The third-order valence-corrected chi connectivity index (χ3v) is 3.22. The quantitative estimate of drug-likeness (QED) is 0.522. The molecule has 0 saturated carbocycles. The van der Waals surface area contributed by atoms with Crippen molar-refractivity contribution in [3.8, 4) is 0 Å². The second-order valence-electron chi connectivity index (χ2n) is 4.30. The SMILES string of the molecule is CCCC(C(=O)NC1CC(=O)N(C)C1=O)C(N)=S. The second kappa shape index (κ2) is 5.90. The zero-order valence-corrected chi connectivity index (χ0v) is 11.3. The summed E-state index contributed by atoms with van der Waals surface area (Å²) in [6, 6.07) is -0.788. The highest BCUT2D eigenvalue weighted by Crippen LogP contribution is 2.13. The number of nitrogens with one attached hydrogen (secondary N) is 1. The highest BCUT2D eigenvalue weighted by molar-refractivity contribution is 7.80. The summed E-state index contributed by atoms with van der Waals surface area (Å²) in [5.74, 6) is -1.66. The van der Waals surface area contributed by atoms with E-state index in [1.54, 1.807) is 0 Å². The van der Waals surface area contributed by atoms with Crippen molar-refractivity contribution >= 4 is 34.9 Å². The van der Waals surface area contributed by atoms with Crippen LogP contribution >= 0.6 is 12.2 Å². The summed E-state index contributed by atoms with van der Waals surface area (Å²) in [4.78, 5) is 36.0. The Labute approximate surface area is 111 Å². The molecule has 0 radical (unpaired) electrons. The van der Waals surface area contributed by atoms with E-state index in [2.05, 4.69) is 5.32 Å². The lowest BCUT2D eigenvalue weighted by Crippen LogP contribution is -2.46. The number of nitrogens with two attached hydrogens (primary N) is 1. The lowest BCUT2D eigenvalue weighted by molar-refractivity contribution is -0.138. The van der Waals surface area contributed by atoms with Crippen molar-refractivity contribution in [1.82, 2.24) is 10.2 Å². The minimum atomic E-state index is -0.788. The van der Waals surface area contributed by atoms with Crippen LogP contribution in [0.1, 0.15) is 26.2 Å². The van der Waals surface area contributed by atoms with Gasteiger partial charge in [-0.1, -0.05) is 25.6 Å². The second-order valence-corrected chi connectivity index (χ2v) is 4.77. The molecule has 1 aliphatic rings. The van der Waals surface area contributed by atoms with Gasteiger partial charge in [0.2, 0.25) is 11.8 Å². The van der Waals surface area contributed by atoms with Gasteiger partial charge in [-0.15, -0.1) is 0 Å². The van der Waals surface area contributed by atoms with Gasteiger partial charge in [-0.2, -0.15) is 0 Å². The van der Waals surface area contributed by atoms with Gasteiger partial charge in [-0.25, -0.2) is 0 Å². The van der Waals surface area contributed by atoms with Gasteiger partial charge in [0.15, 0.2) is 0 Å². The molecule has 0 aliphatic carbocycles. The van der Waals surface area contributed by atoms with E-state index in [-0.39, 0.29) is 23.2 Å². The fraction of sp³-hybridized carbons (Fsp3) is 0.636. The summed E-state index contributed by atoms with van der Waals surface area (Å²) < 4.78 is 0. The fourth-order valence-electron chi connectivity index (χ4n) is 1.83. The van der Waals surface area contributed by atoms with Crippen LogP contribution in [-0.4, -0.2) is 40.7 Å². The van der Waals surface area contributed by atoms with Crippen molar-refractivity contribution in [1.29, 1.82) is 0 Å². The van der Waals surface area contributed by atoms with Crippen LogP contribution in [0, 0.1) is 5.92 Å². The first-order valence-electron chi connectivity index (χ1n) is 5.78. The number of amides is 3. The van der Waals surface area contributed by atoms with E-state index in [0.29, 0.717) is 6.42 Å². The van der Waals surface area contributed by atoms with Gasteiger partial charge >= 0.3 is 0 Å². The summed E-state index contributed by atoms with van der Waals surface area (Å²) >= 11 is 4.83. The van der Waals surface area contributed by atoms with Crippen LogP contribution < -0.4 is 11.1 Å². The summed E-state index contributed by atoms with van der Waals surface area (Å²) in [5.41, 5.74) is 5.50. The van der Waals surface area contributed by atoms with Gasteiger partial charge < -0.3 is 11.1 Å². The number of hydrogen-bond acceptors (Lipinski definition) is 4. The number of carbonyl (C=O) groups is 3. The first-order valence-corrected chi connectivity index (χ1v) is 6.19. The minimum absolute atomic E-state index is 0.00273. The molecule has 6 nitrogen and oxygen atoms in total. The predicted molar refractivity (Wildman–Crippen MR) is 69.5 cm³/mol. The molecule has 1 fully saturated rings. The Morgan fingerprint density at radius 2 is 2.22 bits per heavy atom. The molecule has 3 amide bonds. The van der Waals surface area contributed by atoms with Crippen LogP contribution in [0.4, 0.5) is 0 Å². The number of imide groups is 1. The van der Waals surface area contributed by atoms with Crippen molar-refractivity contribution in [3.63, 3.8) is 0 Å². The highest BCUT2D eigenvalue weighted by atomic mass is 32.1. The molecule has 1 aliphatic heterocycles. The third kappa shape index (κ3) is 3.04. The van der Waals surface area contributed by atoms with Crippen molar-refractivity contribution in [2.24, 2.45) is 11.7 Å². The largest absolute Gasteiger partial charge is 0.393 e. The summed E-state index contributed by atoms with van der Waals surface area (Å²) in [7, 11) is 1.40. The van der Waals surface area contributed by atoms with Gasteiger partial charge in [-0.05, 0) is 6.42 Å². The number of thiocarbonyl (C=S) groups is 1. The van der Waals surface area contributed by atoms with Gasteiger partial charge in [-0.3, -0.25) is 19.3 Å². The highest BCUT2D eigenvalue weighted by Gasteiger charge is 2.38. The molecule has 3 N–H and O–H groups in total. The predicted octanol–water partition coefficient (Wildman–Crippen LogP) is -0.438. The monoisotopic (exact) mass is 271 g/mol. The lowest BCUT2D eigenvalue weighted by atomic mass is 10.0. The van der Waals surface area contributed by atoms with Crippen molar-refractivity contribution in [2.75, 3.05) is 7.05 Å². The molecular formula is C11H17N3O3S. The van der Waals surface area contributed by atoms with E-state index in [1.165, 1.54) is 7.05 Å². The van der Waals surface area contributed by atoms with Crippen LogP contribution in [0.25, 0.3) is 0 Å². The maximum absolute atomic E-state index is 11.9. The Bertz CT molecular complexity index is 397. The zero-order valence-electron chi connectivity index (χ0n) is 10.4. The van der Waals surface area contributed by atoms with Gasteiger partial charge in [0.25, 0.3) is 5.91 Å². The molecule has 1 rings (SSSR count). The average Bonchev–Trinajstić information content (AvgIpc) is 2.53. The van der Waals surface area contributed by atoms with Crippen molar-refractivity contribution < 1.29 is 14.4 Å². The van der Waals surface area contributed by atoms with E-state index in [0.717, 1.165) is 11.3 Å². The van der Waals surface area contributed by atoms with Crippen LogP contribution in [0.2, 0.25) is 0 Å². The number of carbonyl (C=O) groups excluding carboxylic acids is 3. The van der Waals surface area contributed by atoms with E-state index in [1.807, 2.05) is 6.92 Å². The fourth-order valence-corrected chi connectivity index (χ4v) is 2.06. The van der Waals surface area contributed by atoms with Crippen LogP contribution in [0.15, 0.2) is 0 Å². The number of likely N-dealkylation sites (N-methyl/N-ethyl adjacent to an activating group) is 1. The maximum atomic E-state index is 11.9. The van der Waals surface area contributed by atoms with Gasteiger partial charge in [0.05, 0.1) is 17.3 Å². The van der Waals surface area contributed by atoms with E-state index in [4.69, 9.17) is 18.0 Å². The Hall–Kier alpha value is -1.50. The molecule has 7 heteroatoms. The van der Waals surface area contributed by atoms with E-state index >= 15 is 0 Å².